The molecule has 1 N–H and O–H groups in total. The quantitative estimate of drug-likeness (QED) is 0.833. The lowest BCUT2D eigenvalue weighted by Gasteiger charge is -2.26. The molecule has 0 bridgehead atoms. The van der Waals surface area contributed by atoms with Crippen molar-refractivity contribution in [3.8, 4) is 11.8 Å². The van der Waals surface area contributed by atoms with Crippen LogP contribution in [-0.4, -0.2) is 36.3 Å². The molecule has 0 spiro atoms. The predicted molar refractivity (Wildman–Crippen MR) is 70.3 cm³/mol. The third kappa shape index (κ3) is 3.73. The van der Waals surface area contributed by atoms with Crippen molar-refractivity contribution in [2.24, 2.45) is 0 Å². The van der Waals surface area contributed by atoms with Crippen LogP contribution in [0.4, 0.5) is 0 Å². The molecule has 0 saturated heterocycles. The fraction of sp³-hybridized carbons (Fsp3) is 0.500. The maximum Gasteiger partial charge on any atom is 0.123 e. The number of rotatable bonds is 6. The lowest BCUT2D eigenvalue weighted by molar-refractivity contribution is 0.158. The Morgan fingerprint density at radius 2 is 2.17 bits per heavy atom. The van der Waals surface area contributed by atoms with Crippen molar-refractivity contribution >= 4 is 0 Å². The van der Waals surface area contributed by atoms with Gasteiger partial charge in [-0.25, -0.2) is 0 Å². The Morgan fingerprint density at radius 1 is 1.44 bits per heavy atom. The highest BCUT2D eigenvalue weighted by Gasteiger charge is 2.13. The summed E-state index contributed by atoms with van der Waals surface area (Å²) in [5.41, 5.74) is 1.59. The molecule has 98 valence electrons. The van der Waals surface area contributed by atoms with Crippen molar-refractivity contribution in [1.82, 2.24) is 4.90 Å². The zero-order valence-corrected chi connectivity index (χ0v) is 11.2. The van der Waals surface area contributed by atoms with Crippen molar-refractivity contribution in [3.63, 3.8) is 0 Å². The molecule has 0 aliphatic heterocycles. The molecule has 1 rings (SSSR count). The number of aliphatic hydroxyl groups is 1. The Balaban J connectivity index is 2.96. The first kappa shape index (κ1) is 14.5. The second-order valence-corrected chi connectivity index (χ2v) is 4.43. The van der Waals surface area contributed by atoms with E-state index in [1.54, 1.807) is 13.2 Å². The molecular formula is C14H20N2O2. The third-order valence-corrected chi connectivity index (χ3v) is 2.90. The van der Waals surface area contributed by atoms with Gasteiger partial charge < -0.3 is 9.84 Å². The predicted octanol–water partition coefficient (Wildman–Crippen LogP) is 1.77. The molecule has 0 saturated carbocycles. The molecule has 0 radical (unpaired) electrons. The molecule has 0 aliphatic rings. The SMILES string of the molecule is COc1ccc(C#N)cc1CN(CCO)C(C)C. The van der Waals surface area contributed by atoms with E-state index in [1.807, 2.05) is 12.1 Å². The first-order valence-electron chi connectivity index (χ1n) is 6.04. The van der Waals surface area contributed by atoms with Crippen LogP contribution in [0.5, 0.6) is 5.75 Å². The van der Waals surface area contributed by atoms with Gasteiger partial charge in [0.05, 0.1) is 25.3 Å². The summed E-state index contributed by atoms with van der Waals surface area (Å²) in [5, 5.41) is 18.0. The Kier molecular flexibility index (Phi) is 5.63. The van der Waals surface area contributed by atoms with E-state index >= 15 is 0 Å². The number of ether oxygens (including phenoxy) is 1. The van der Waals surface area contributed by atoms with Crippen LogP contribution >= 0.6 is 0 Å². The van der Waals surface area contributed by atoms with Crippen LogP contribution in [0.2, 0.25) is 0 Å². The van der Waals surface area contributed by atoms with Crippen LogP contribution in [-0.2, 0) is 6.54 Å². The summed E-state index contributed by atoms with van der Waals surface area (Å²) in [6, 6.07) is 7.85. The van der Waals surface area contributed by atoms with Crippen LogP contribution < -0.4 is 4.74 Å². The Bertz CT molecular complexity index is 424. The molecular weight excluding hydrogens is 228 g/mol. The molecule has 4 nitrogen and oxygen atoms in total. The zero-order chi connectivity index (χ0) is 13.5. The molecule has 0 heterocycles. The van der Waals surface area contributed by atoms with Gasteiger partial charge in [-0.1, -0.05) is 0 Å². The highest BCUT2D eigenvalue weighted by Crippen LogP contribution is 2.22. The topological polar surface area (TPSA) is 56.5 Å². The van der Waals surface area contributed by atoms with Gasteiger partial charge in [0.1, 0.15) is 5.75 Å². The van der Waals surface area contributed by atoms with Crippen molar-refractivity contribution in [3.05, 3.63) is 29.3 Å². The summed E-state index contributed by atoms with van der Waals surface area (Å²) in [6.07, 6.45) is 0. The first-order chi connectivity index (χ1) is 8.62. The monoisotopic (exact) mass is 248 g/mol. The molecule has 1 aromatic rings. The number of nitriles is 1. The zero-order valence-electron chi connectivity index (χ0n) is 11.2. The lowest BCUT2D eigenvalue weighted by Crippen LogP contribution is -2.33. The van der Waals surface area contributed by atoms with E-state index < -0.39 is 0 Å². The molecule has 0 amide bonds. The van der Waals surface area contributed by atoms with E-state index in [4.69, 9.17) is 15.1 Å². The maximum atomic E-state index is 9.07. The van der Waals surface area contributed by atoms with Gasteiger partial charge in [0.25, 0.3) is 0 Å². The molecule has 0 aromatic heterocycles. The summed E-state index contributed by atoms with van der Waals surface area (Å²) < 4.78 is 5.31. The van der Waals surface area contributed by atoms with Gasteiger partial charge in [0.15, 0.2) is 0 Å². The van der Waals surface area contributed by atoms with Gasteiger partial charge in [0.2, 0.25) is 0 Å². The molecule has 18 heavy (non-hydrogen) atoms. The summed E-state index contributed by atoms with van der Waals surface area (Å²) in [4.78, 5) is 2.14. The third-order valence-electron chi connectivity index (χ3n) is 2.90. The average Bonchev–Trinajstić information content (AvgIpc) is 2.37. The summed E-state index contributed by atoms with van der Waals surface area (Å²) in [6.45, 7) is 5.56. The normalized spacial score (nSPS) is 10.7. The minimum atomic E-state index is 0.123. The fourth-order valence-electron chi connectivity index (χ4n) is 1.84. The maximum absolute atomic E-state index is 9.07. The number of hydrogen-bond acceptors (Lipinski definition) is 4. The number of methoxy groups -OCH3 is 1. The van der Waals surface area contributed by atoms with Crippen LogP contribution in [0.1, 0.15) is 25.0 Å². The van der Waals surface area contributed by atoms with E-state index in [2.05, 4.69) is 24.8 Å². The van der Waals surface area contributed by atoms with Crippen molar-refractivity contribution in [1.29, 1.82) is 5.26 Å². The molecule has 0 atom stereocenters. The summed E-state index contributed by atoms with van der Waals surface area (Å²) in [7, 11) is 1.62. The smallest absolute Gasteiger partial charge is 0.123 e. The van der Waals surface area contributed by atoms with Crippen molar-refractivity contribution in [2.75, 3.05) is 20.3 Å². The minimum absolute atomic E-state index is 0.123. The average molecular weight is 248 g/mol. The van der Waals surface area contributed by atoms with Gasteiger partial charge >= 0.3 is 0 Å². The molecule has 0 aliphatic carbocycles. The second-order valence-electron chi connectivity index (χ2n) is 4.43. The van der Waals surface area contributed by atoms with Gasteiger partial charge in [-0.2, -0.15) is 5.26 Å². The van der Waals surface area contributed by atoms with Crippen molar-refractivity contribution in [2.45, 2.75) is 26.4 Å². The fourth-order valence-corrected chi connectivity index (χ4v) is 1.84. The largest absolute Gasteiger partial charge is 0.496 e. The highest BCUT2D eigenvalue weighted by molar-refractivity contribution is 5.42. The van der Waals surface area contributed by atoms with E-state index in [0.29, 0.717) is 24.7 Å². The van der Waals surface area contributed by atoms with Gasteiger partial charge in [-0.15, -0.1) is 0 Å². The van der Waals surface area contributed by atoms with Crippen LogP contribution in [0, 0.1) is 11.3 Å². The number of nitrogens with zero attached hydrogens (tertiary/aromatic N) is 2. The molecule has 1 aromatic carbocycles. The Morgan fingerprint density at radius 3 is 2.67 bits per heavy atom. The molecule has 0 unspecified atom stereocenters. The number of benzene rings is 1. The van der Waals surface area contributed by atoms with Gasteiger partial charge in [0, 0.05) is 24.7 Å². The van der Waals surface area contributed by atoms with Crippen LogP contribution in [0.15, 0.2) is 18.2 Å². The summed E-state index contributed by atoms with van der Waals surface area (Å²) in [5.74, 6) is 0.776. The van der Waals surface area contributed by atoms with Crippen LogP contribution in [0.25, 0.3) is 0 Å². The van der Waals surface area contributed by atoms with E-state index in [1.165, 1.54) is 0 Å². The molecule has 0 fully saturated rings. The van der Waals surface area contributed by atoms with E-state index in [9.17, 15) is 0 Å². The minimum Gasteiger partial charge on any atom is -0.496 e. The van der Waals surface area contributed by atoms with Gasteiger partial charge in [-0.3, -0.25) is 4.90 Å². The van der Waals surface area contributed by atoms with Crippen LogP contribution in [0.3, 0.4) is 0 Å². The number of aliphatic hydroxyl groups excluding tert-OH is 1. The number of hydrogen-bond donors (Lipinski definition) is 1. The lowest BCUT2D eigenvalue weighted by atomic mass is 10.1. The molecule has 4 heteroatoms. The van der Waals surface area contributed by atoms with Gasteiger partial charge in [-0.05, 0) is 32.0 Å². The van der Waals surface area contributed by atoms with Crippen molar-refractivity contribution < 1.29 is 9.84 Å². The van der Waals surface area contributed by atoms with E-state index in [0.717, 1.165) is 11.3 Å². The first-order valence-corrected chi connectivity index (χ1v) is 6.04. The van der Waals surface area contributed by atoms with E-state index in [-0.39, 0.29) is 6.61 Å². The Hall–Kier alpha value is -1.57. The summed E-state index contributed by atoms with van der Waals surface area (Å²) >= 11 is 0. The Labute approximate surface area is 108 Å². The second kappa shape index (κ2) is 7.00. The highest BCUT2D eigenvalue weighted by atomic mass is 16.5. The standard InChI is InChI=1S/C14H20N2O2/c1-11(2)16(6-7-17)10-13-8-12(9-15)4-5-14(13)18-3/h4-5,8,11,17H,6-7,10H2,1-3H3.